The minimum absolute atomic E-state index is 0.00601. The van der Waals surface area contributed by atoms with Gasteiger partial charge in [0.15, 0.2) is 8.32 Å². The second kappa shape index (κ2) is 12.3. The van der Waals surface area contributed by atoms with Gasteiger partial charge >= 0.3 is 6.09 Å². The van der Waals surface area contributed by atoms with Crippen LogP contribution in [0.1, 0.15) is 47.1 Å². The summed E-state index contributed by atoms with van der Waals surface area (Å²) in [6.07, 6.45) is -0.741. The minimum atomic E-state index is -3.83. The number of nitrogens with zero attached hydrogens (tertiary/aromatic N) is 3. The lowest BCUT2D eigenvalue weighted by Gasteiger charge is -2.48. The van der Waals surface area contributed by atoms with E-state index >= 15 is 0 Å². The summed E-state index contributed by atoms with van der Waals surface area (Å²) in [5, 5.41) is 2.65. The molecule has 14 heteroatoms. The van der Waals surface area contributed by atoms with Crippen molar-refractivity contribution in [3.63, 3.8) is 0 Å². The van der Waals surface area contributed by atoms with E-state index in [1.165, 1.54) is 15.7 Å². The van der Waals surface area contributed by atoms with Crippen LogP contribution in [0.4, 0.5) is 4.79 Å². The van der Waals surface area contributed by atoms with Crippen molar-refractivity contribution in [1.82, 2.24) is 18.8 Å². The number of benzene rings is 1. The molecule has 2 amide bonds. The van der Waals surface area contributed by atoms with E-state index in [0.717, 1.165) is 5.56 Å². The molecular weight excluding hydrogens is 580 g/mol. The highest BCUT2D eigenvalue weighted by Gasteiger charge is 2.53. The number of amides is 2. The maximum absolute atomic E-state index is 13.5. The van der Waals surface area contributed by atoms with E-state index in [-0.39, 0.29) is 43.2 Å². The molecule has 0 unspecified atom stereocenters. The first-order chi connectivity index (χ1) is 19.2. The van der Waals surface area contributed by atoms with Gasteiger partial charge in [-0.25, -0.2) is 4.79 Å². The molecule has 3 rings (SSSR count). The smallest absolute Gasteiger partial charge is 0.408 e. The van der Waals surface area contributed by atoms with Crippen LogP contribution in [0.3, 0.4) is 0 Å². The van der Waals surface area contributed by atoms with Crippen LogP contribution in [0.25, 0.3) is 0 Å². The molecule has 2 saturated heterocycles. The first-order valence-corrected chi connectivity index (χ1v) is 18.4. The van der Waals surface area contributed by atoms with E-state index in [4.69, 9.17) is 18.6 Å². The average molecular weight is 629 g/mol. The molecule has 0 spiro atoms. The number of carbonyl (C=O) groups excluding carboxylic acids is 2. The zero-order chi connectivity index (χ0) is 31.8. The number of β-lactam (4-membered cyclic amide) rings is 1. The summed E-state index contributed by atoms with van der Waals surface area (Å²) in [6, 6.07) is 3.31. The SMILES string of the molecule is COc1ccc(CN2C(=O)[C@@H](NC(=O)OC(C)(C)C)[C@H]2CN2C[C@@H](CO[Si](C)(C)C(C)(C)C)N(C)S2(=O)=O)c(OC)c1. The standard InChI is InChI=1S/C28H48N4O8SSi/c1-27(2,3)40-26(34)29-24-22(32(25(24)33)15-19-12-13-21(37-8)14-23(19)38-9)17-31-16-20(30(7)41(31,35)36)18-39-42(10,11)28(4,5)6/h12-14,20,22,24H,15-18H2,1-11H3,(H,29,34)/t20-,22+,24-/m0/s1. The highest BCUT2D eigenvalue weighted by molar-refractivity contribution is 7.87. The summed E-state index contributed by atoms with van der Waals surface area (Å²) >= 11 is 0. The van der Waals surface area contributed by atoms with Crippen molar-refractivity contribution in [2.45, 2.75) is 89.9 Å². The molecule has 3 atom stereocenters. The highest BCUT2D eigenvalue weighted by atomic mass is 32.2. The van der Waals surface area contributed by atoms with E-state index in [9.17, 15) is 18.0 Å². The van der Waals surface area contributed by atoms with Crippen LogP contribution in [0, 0.1) is 0 Å². The van der Waals surface area contributed by atoms with Crippen molar-refractivity contribution in [2.75, 3.05) is 41.0 Å². The van der Waals surface area contributed by atoms with Crippen molar-refractivity contribution in [2.24, 2.45) is 0 Å². The molecule has 0 bridgehead atoms. The van der Waals surface area contributed by atoms with Gasteiger partial charge in [-0.1, -0.05) is 20.8 Å². The van der Waals surface area contributed by atoms with Crippen LogP contribution >= 0.6 is 0 Å². The monoisotopic (exact) mass is 628 g/mol. The van der Waals surface area contributed by atoms with E-state index in [0.29, 0.717) is 11.5 Å². The van der Waals surface area contributed by atoms with Gasteiger partial charge in [-0.05, 0) is 51.0 Å². The van der Waals surface area contributed by atoms with Crippen LogP contribution in [-0.4, -0.2) is 107 Å². The van der Waals surface area contributed by atoms with Crippen molar-refractivity contribution in [1.29, 1.82) is 0 Å². The predicted octanol–water partition coefficient (Wildman–Crippen LogP) is 3.19. The molecular formula is C28H48N4O8SSi. The number of hydrogen-bond donors (Lipinski definition) is 1. The van der Waals surface area contributed by atoms with Crippen molar-refractivity contribution in [3.05, 3.63) is 23.8 Å². The fraction of sp³-hybridized carbons (Fsp3) is 0.714. The van der Waals surface area contributed by atoms with Gasteiger partial charge in [-0.3, -0.25) is 4.79 Å². The molecule has 238 valence electrons. The fourth-order valence-corrected chi connectivity index (χ4v) is 7.25. The number of likely N-dealkylation sites (N-methyl/N-ethyl adjacent to an activating group) is 1. The Hall–Kier alpha value is -2.39. The third kappa shape index (κ3) is 7.39. The Kier molecular flexibility index (Phi) is 9.99. The molecule has 0 aromatic heterocycles. The van der Waals surface area contributed by atoms with Gasteiger partial charge in [0, 0.05) is 38.3 Å². The summed E-state index contributed by atoms with van der Waals surface area (Å²) in [7, 11) is -1.30. The van der Waals surface area contributed by atoms with Gasteiger partial charge in [0.2, 0.25) is 5.91 Å². The third-order valence-electron chi connectivity index (χ3n) is 8.29. The van der Waals surface area contributed by atoms with Crippen molar-refractivity contribution < 1.29 is 36.6 Å². The first-order valence-electron chi connectivity index (χ1n) is 14.1. The molecule has 2 fully saturated rings. The summed E-state index contributed by atoms with van der Waals surface area (Å²) in [5.74, 6) is 0.788. The van der Waals surface area contributed by atoms with E-state index in [1.807, 2.05) is 0 Å². The van der Waals surface area contributed by atoms with Crippen LogP contribution < -0.4 is 14.8 Å². The zero-order valence-electron chi connectivity index (χ0n) is 26.8. The Labute approximate surface area is 251 Å². The lowest BCUT2D eigenvalue weighted by molar-refractivity contribution is -0.152. The lowest BCUT2D eigenvalue weighted by Crippen LogP contribution is -2.73. The van der Waals surface area contributed by atoms with Crippen LogP contribution in [0.5, 0.6) is 11.5 Å². The number of nitrogens with one attached hydrogen (secondary N) is 1. The highest BCUT2D eigenvalue weighted by Crippen LogP contribution is 2.37. The minimum Gasteiger partial charge on any atom is -0.497 e. The Morgan fingerprint density at radius 1 is 1.10 bits per heavy atom. The van der Waals surface area contributed by atoms with Crippen LogP contribution in [0.2, 0.25) is 18.1 Å². The largest absolute Gasteiger partial charge is 0.497 e. The topological polar surface area (TPSA) is 127 Å². The average Bonchev–Trinajstić information content (AvgIpc) is 3.09. The number of alkyl carbamates (subject to hydrolysis) is 1. The van der Waals surface area contributed by atoms with Crippen LogP contribution in [-0.2, 0) is 30.7 Å². The number of carbonyl (C=O) groups is 2. The first kappa shape index (κ1) is 34.1. The second-order valence-electron chi connectivity index (χ2n) is 13.4. The maximum atomic E-state index is 13.5. The van der Waals surface area contributed by atoms with Gasteiger partial charge in [0.05, 0.1) is 32.9 Å². The van der Waals surface area contributed by atoms with Crippen LogP contribution in [0.15, 0.2) is 18.2 Å². The van der Waals surface area contributed by atoms with Gasteiger partial charge in [-0.15, -0.1) is 0 Å². The molecule has 1 aromatic carbocycles. The Balaban J connectivity index is 1.84. The Morgan fingerprint density at radius 3 is 2.29 bits per heavy atom. The Morgan fingerprint density at radius 2 is 1.74 bits per heavy atom. The number of methoxy groups -OCH3 is 2. The fourth-order valence-electron chi connectivity index (χ4n) is 4.63. The molecule has 0 radical (unpaired) electrons. The lowest BCUT2D eigenvalue weighted by atomic mass is 9.93. The molecule has 2 aliphatic rings. The predicted molar refractivity (Wildman–Crippen MR) is 162 cm³/mol. The van der Waals surface area contributed by atoms with E-state index in [2.05, 4.69) is 39.2 Å². The molecule has 1 aromatic rings. The number of hydrogen-bond acceptors (Lipinski definition) is 8. The van der Waals surface area contributed by atoms with Crippen molar-refractivity contribution >= 4 is 30.5 Å². The summed E-state index contributed by atoms with van der Waals surface area (Å²) in [5.41, 5.74) is -0.0460. The van der Waals surface area contributed by atoms with Gasteiger partial charge in [0.1, 0.15) is 23.1 Å². The van der Waals surface area contributed by atoms with Crippen molar-refractivity contribution in [3.8, 4) is 11.5 Å². The summed E-state index contributed by atoms with van der Waals surface area (Å²) in [6.45, 7) is 16.5. The number of rotatable bonds is 10. The van der Waals surface area contributed by atoms with E-state index < -0.39 is 42.3 Å². The second-order valence-corrected chi connectivity index (χ2v) is 20.2. The maximum Gasteiger partial charge on any atom is 0.408 e. The molecule has 42 heavy (non-hydrogen) atoms. The Bertz CT molecular complexity index is 1260. The number of likely N-dealkylation sites (tertiary alicyclic amines) is 1. The molecule has 0 aliphatic carbocycles. The molecule has 12 nitrogen and oxygen atoms in total. The van der Waals surface area contributed by atoms with Gasteiger partial charge in [-0.2, -0.15) is 17.0 Å². The number of ether oxygens (including phenoxy) is 3. The quantitative estimate of drug-likeness (QED) is 0.309. The van der Waals surface area contributed by atoms with Gasteiger partial charge < -0.3 is 28.9 Å². The summed E-state index contributed by atoms with van der Waals surface area (Å²) in [4.78, 5) is 27.6. The zero-order valence-corrected chi connectivity index (χ0v) is 28.6. The molecule has 2 heterocycles. The summed E-state index contributed by atoms with van der Waals surface area (Å²) < 4.78 is 52.2. The van der Waals surface area contributed by atoms with E-state index in [1.54, 1.807) is 58.0 Å². The molecule has 1 N–H and O–H groups in total. The van der Waals surface area contributed by atoms with Gasteiger partial charge in [0.25, 0.3) is 10.2 Å². The molecule has 2 aliphatic heterocycles. The third-order valence-corrected chi connectivity index (χ3v) is 14.8. The normalized spacial score (nSPS) is 23.5. The molecule has 0 saturated carbocycles.